The zero-order chi connectivity index (χ0) is 12.9. The molecule has 4 nitrogen and oxygen atoms in total. The van der Waals surface area contributed by atoms with E-state index in [9.17, 15) is 8.42 Å². The smallest absolute Gasteiger partial charge is 0.243 e. The lowest BCUT2D eigenvalue weighted by molar-refractivity contribution is 0.449. The monoisotopic (exact) mass is 272 g/mol. The molecule has 0 saturated carbocycles. The molecule has 0 radical (unpaired) electrons. The minimum Gasteiger partial charge on any atom is -0.392 e. The van der Waals surface area contributed by atoms with Gasteiger partial charge in [-0.1, -0.05) is 37.3 Å². The molecule has 0 spiro atoms. The normalized spacial score (nSPS) is 11.6. The average Bonchev–Trinajstić information content (AvgIpc) is 2.29. The summed E-state index contributed by atoms with van der Waals surface area (Å²) in [6.07, 6.45) is 0.717. The van der Waals surface area contributed by atoms with E-state index in [0.717, 1.165) is 0 Å². The number of nitrogens with zero attached hydrogens (tertiary/aromatic N) is 1. The largest absolute Gasteiger partial charge is 0.392 e. The first-order chi connectivity index (χ1) is 7.98. The maximum atomic E-state index is 12.3. The van der Waals surface area contributed by atoms with Crippen LogP contribution in [0, 0.1) is 0 Å². The van der Waals surface area contributed by atoms with Crippen LogP contribution in [-0.4, -0.2) is 30.8 Å². The lowest BCUT2D eigenvalue weighted by Crippen LogP contribution is -2.38. The second-order valence-corrected chi connectivity index (χ2v) is 6.08. The maximum Gasteiger partial charge on any atom is 0.243 e. The topological polar surface area (TPSA) is 63.4 Å². The number of hydrogen-bond acceptors (Lipinski definition) is 3. The summed E-state index contributed by atoms with van der Waals surface area (Å²) in [5.41, 5.74) is 5.42. The van der Waals surface area contributed by atoms with E-state index in [0.29, 0.717) is 13.0 Å². The van der Waals surface area contributed by atoms with Crippen LogP contribution in [0.25, 0.3) is 0 Å². The third kappa shape index (κ3) is 3.76. The Morgan fingerprint density at radius 2 is 1.94 bits per heavy atom. The van der Waals surface area contributed by atoms with Gasteiger partial charge in [0.25, 0.3) is 0 Å². The summed E-state index contributed by atoms with van der Waals surface area (Å²) < 4.78 is 25.8. The third-order valence-corrected chi connectivity index (χ3v) is 4.17. The first-order valence-electron chi connectivity index (χ1n) is 5.32. The summed E-state index contributed by atoms with van der Waals surface area (Å²) in [5, 5.41) is 0. The minimum atomic E-state index is -3.49. The second-order valence-electron chi connectivity index (χ2n) is 3.62. The molecule has 0 aliphatic carbocycles. The van der Waals surface area contributed by atoms with Gasteiger partial charge in [0.1, 0.15) is 0 Å². The molecule has 0 heterocycles. The molecule has 2 N–H and O–H groups in total. The van der Waals surface area contributed by atoms with Gasteiger partial charge in [-0.3, -0.25) is 0 Å². The number of benzene rings is 1. The predicted octanol–water partition coefficient (Wildman–Crippen LogP) is 1.37. The number of thiocarbonyl (C=S) groups is 1. The van der Waals surface area contributed by atoms with Crippen molar-refractivity contribution < 1.29 is 8.42 Å². The van der Waals surface area contributed by atoms with Gasteiger partial charge in [0.15, 0.2) is 0 Å². The van der Waals surface area contributed by atoms with E-state index in [-0.39, 0.29) is 16.4 Å². The van der Waals surface area contributed by atoms with E-state index in [1.807, 2.05) is 6.92 Å². The van der Waals surface area contributed by atoms with Gasteiger partial charge in [-0.2, -0.15) is 4.31 Å². The van der Waals surface area contributed by atoms with Gasteiger partial charge in [0, 0.05) is 6.54 Å². The minimum absolute atomic E-state index is 0.0837. The molecule has 1 rings (SSSR count). The van der Waals surface area contributed by atoms with Crippen molar-refractivity contribution in [1.29, 1.82) is 0 Å². The maximum absolute atomic E-state index is 12.3. The van der Waals surface area contributed by atoms with Crippen molar-refractivity contribution in [2.24, 2.45) is 5.73 Å². The molecule has 0 atom stereocenters. The molecule has 0 saturated heterocycles. The number of nitrogens with two attached hydrogens (primary N) is 1. The van der Waals surface area contributed by atoms with E-state index in [4.69, 9.17) is 18.0 Å². The number of sulfonamides is 1. The van der Waals surface area contributed by atoms with E-state index >= 15 is 0 Å². The van der Waals surface area contributed by atoms with Gasteiger partial charge in [-0.05, 0) is 18.6 Å². The highest BCUT2D eigenvalue weighted by Crippen LogP contribution is 2.15. The van der Waals surface area contributed by atoms with E-state index in [1.54, 1.807) is 30.3 Å². The SMILES string of the molecule is CCCN(CC(N)=S)S(=O)(=O)c1ccccc1. The summed E-state index contributed by atoms with van der Waals surface area (Å²) in [6.45, 7) is 2.40. The van der Waals surface area contributed by atoms with Crippen LogP contribution in [0.1, 0.15) is 13.3 Å². The van der Waals surface area contributed by atoms with Crippen LogP contribution in [0.3, 0.4) is 0 Å². The van der Waals surface area contributed by atoms with E-state index in [1.165, 1.54) is 4.31 Å². The molecule has 0 fully saturated rings. The molecular weight excluding hydrogens is 256 g/mol. The fraction of sp³-hybridized carbons (Fsp3) is 0.364. The molecule has 6 heteroatoms. The Morgan fingerprint density at radius 3 is 2.41 bits per heavy atom. The summed E-state index contributed by atoms with van der Waals surface area (Å²) in [6, 6.07) is 8.29. The Labute approximate surface area is 107 Å². The Balaban J connectivity index is 3.04. The van der Waals surface area contributed by atoms with Gasteiger partial charge in [-0.25, -0.2) is 8.42 Å². The lowest BCUT2D eigenvalue weighted by Gasteiger charge is -2.20. The van der Waals surface area contributed by atoms with Crippen LogP contribution in [-0.2, 0) is 10.0 Å². The Morgan fingerprint density at radius 1 is 1.35 bits per heavy atom. The standard InChI is InChI=1S/C11H16N2O2S2/c1-2-8-13(9-11(12)16)17(14,15)10-6-4-3-5-7-10/h3-7H,2,8-9H2,1H3,(H2,12,16). The fourth-order valence-electron chi connectivity index (χ4n) is 1.45. The van der Waals surface area contributed by atoms with Crippen molar-refractivity contribution in [3.05, 3.63) is 30.3 Å². The van der Waals surface area contributed by atoms with Crippen LogP contribution in [0.5, 0.6) is 0 Å². The number of hydrogen-bond donors (Lipinski definition) is 1. The highest BCUT2D eigenvalue weighted by Gasteiger charge is 2.23. The van der Waals surface area contributed by atoms with E-state index < -0.39 is 10.0 Å². The Hall–Kier alpha value is -0.980. The van der Waals surface area contributed by atoms with Crippen LogP contribution >= 0.6 is 12.2 Å². The van der Waals surface area contributed by atoms with Crippen molar-refractivity contribution in [2.45, 2.75) is 18.2 Å². The van der Waals surface area contributed by atoms with Gasteiger partial charge < -0.3 is 5.73 Å². The highest BCUT2D eigenvalue weighted by molar-refractivity contribution is 7.89. The summed E-state index contributed by atoms with van der Waals surface area (Å²) in [5.74, 6) is 0. The average molecular weight is 272 g/mol. The Kier molecular flexibility index (Phi) is 5.04. The van der Waals surface area contributed by atoms with Gasteiger partial charge in [-0.15, -0.1) is 0 Å². The molecule has 1 aromatic rings. The number of rotatable bonds is 6. The summed E-state index contributed by atoms with van der Waals surface area (Å²) >= 11 is 4.78. The van der Waals surface area contributed by atoms with Crippen LogP contribution in [0.15, 0.2) is 35.2 Å². The highest BCUT2D eigenvalue weighted by atomic mass is 32.2. The molecule has 0 amide bonds. The first kappa shape index (κ1) is 14.1. The Bertz CT molecular complexity index is 472. The van der Waals surface area contributed by atoms with E-state index in [2.05, 4.69) is 0 Å². The van der Waals surface area contributed by atoms with Gasteiger partial charge >= 0.3 is 0 Å². The zero-order valence-corrected chi connectivity index (χ0v) is 11.3. The summed E-state index contributed by atoms with van der Waals surface area (Å²) in [7, 11) is -3.49. The zero-order valence-electron chi connectivity index (χ0n) is 9.67. The van der Waals surface area contributed by atoms with Crippen molar-refractivity contribution in [3.8, 4) is 0 Å². The fourth-order valence-corrected chi connectivity index (χ4v) is 3.22. The van der Waals surface area contributed by atoms with Crippen molar-refractivity contribution in [1.82, 2.24) is 4.31 Å². The van der Waals surface area contributed by atoms with Crippen LogP contribution in [0.2, 0.25) is 0 Å². The van der Waals surface area contributed by atoms with Crippen molar-refractivity contribution in [3.63, 3.8) is 0 Å². The third-order valence-electron chi connectivity index (χ3n) is 2.19. The molecule has 1 aromatic carbocycles. The van der Waals surface area contributed by atoms with Gasteiger partial charge in [0.05, 0.1) is 16.4 Å². The first-order valence-corrected chi connectivity index (χ1v) is 7.16. The molecule has 17 heavy (non-hydrogen) atoms. The van der Waals surface area contributed by atoms with Crippen molar-refractivity contribution in [2.75, 3.05) is 13.1 Å². The lowest BCUT2D eigenvalue weighted by atomic mass is 10.4. The summed E-state index contributed by atoms with van der Waals surface area (Å²) in [4.78, 5) is 0.447. The van der Waals surface area contributed by atoms with Crippen LogP contribution < -0.4 is 5.73 Å². The molecule has 94 valence electrons. The molecular formula is C11H16N2O2S2. The molecule has 0 unspecified atom stereocenters. The second kappa shape index (κ2) is 6.09. The van der Waals surface area contributed by atoms with Crippen molar-refractivity contribution >= 4 is 27.2 Å². The molecule has 0 aliphatic heterocycles. The quantitative estimate of drug-likeness (QED) is 0.795. The van der Waals surface area contributed by atoms with Crippen LogP contribution in [0.4, 0.5) is 0 Å². The molecule has 0 aromatic heterocycles. The predicted molar refractivity (Wildman–Crippen MR) is 72.3 cm³/mol. The molecule has 0 aliphatic rings. The molecule has 0 bridgehead atoms. The van der Waals surface area contributed by atoms with Gasteiger partial charge in [0.2, 0.25) is 10.0 Å².